The van der Waals surface area contributed by atoms with Crippen molar-refractivity contribution in [3.8, 4) is 5.75 Å². The first-order valence-electron chi connectivity index (χ1n) is 6.11. The second-order valence-electron chi connectivity index (χ2n) is 4.53. The first-order chi connectivity index (χ1) is 8.14. The van der Waals surface area contributed by atoms with Crippen molar-refractivity contribution in [3.63, 3.8) is 0 Å². The molecule has 0 aromatic heterocycles. The van der Waals surface area contributed by atoms with Gasteiger partial charge in [0.1, 0.15) is 11.5 Å². The maximum absolute atomic E-state index is 11.2. The fourth-order valence-corrected chi connectivity index (χ4v) is 2.27. The van der Waals surface area contributed by atoms with E-state index in [1.807, 2.05) is 31.2 Å². The lowest BCUT2D eigenvalue weighted by Gasteiger charge is -2.32. The number of carbonyl (C=O) groups is 1. The van der Waals surface area contributed by atoms with E-state index in [0.717, 1.165) is 11.3 Å². The Hall–Kier alpha value is -1.35. The number of carbonyl (C=O) groups excluding carboxylic acids is 1. The molecule has 0 amide bonds. The molecule has 0 saturated heterocycles. The van der Waals surface area contributed by atoms with Crippen molar-refractivity contribution in [1.29, 1.82) is 0 Å². The maximum Gasteiger partial charge on any atom is 0.133 e. The molecule has 92 valence electrons. The van der Waals surface area contributed by atoms with Gasteiger partial charge < -0.3 is 9.84 Å². The van der Waals surface area contributed by atoms with E-state index in [1.165, 1.54) is 0 Å². The molecule has 1 aliphatic rings. The van der Waals surface area contributed by atoms with Gasteiger partial charge in [0, 0.05) is 12.8 Å². The first-order valence-corrected chi connectivity index (χ1v) is 6.11. The summed E-state index contributed by atoms with van der Waals surface area (Å²) in [6.07, 6.45) is 1.97. The maximum atomic E-state index is 11.2. The van der Waals surface area contributed by atoms with Gasteiger partial charge in [-0.15, -0.1) is 0 Å². The monoisotopic (exact) mass is 234 g/mol. The van der Waals surface area contributed by atoms with Crippen LogP contribution < -0.4 is 4.74 Å². The molecular weight excluding hydrogens is 216 g/mol. The van der Waals surface area contributed by atoms with E-state index in [9.17, 15) is 9.90 Å². The molecule has 17 heavy (non-hydrogen) atoms. The third-order valence-electron chi connectivity index (χ3n) is 3.32. The van der Waals surface area contributed by atoms with E-state index < -0.39 is 5.60 Å². The number of ketones is 1. The highest BCUT2D eigenvalue weighted by molar-refractivity contribution is 5.79. The van der Waals surface area contributed by atoms with Gasteiger partial charge in [0.05, 0.1) is 12.2 Å². The average Bonchev–Trinajstić information content (AvgIpc) is 2.34. The van der Waals surface area contributed by atoms with E-state index in [4.69, 9.17) is 4.74 Å². The van der Waals surface area contributed by atoms with Gasteiger partial charge in [-0.3, -0.25) is 4.79 Å². The number of Topliss-reactive ketones (excluding diaryl/α,β-unsaturated/α-hetero) is 1. The fraction of sp³-hybridized carbons (Fsp3) is 0.500. The summed E-state index contributed by atoms with van der Waals surface area (Å²) >= 11 is 0. The highest BCUT2D eigenvalue weighted by atomic mass is 16.5. The molecule has 2 rings (SSSR count). The Kier molecular flexibility index (Phi) is 3.48. The minimum absolute atomic E-state index is 0.246. The number of ether oxygens (including phenoxy) is 1. The summed E-state index contributed by atoms with van der Waals surface area (Å²) in [5.74, 6) is 1.02. The van der Waals surface area contributed by atoms with Crippen LogP contribution in [-0.2, 0) is 10.4 Å². The van der Waals surface area contributed by atoms with Crippen LogP contribution in [0.5, 0.6) is 5.75 Å². The van der Waals surface area contributed by atoms with Crippen molar-refractivity contribution in [3.05, 3.63) is 29.8 Å². The quantitative estimate of drug-likeness (QED) is 0.873. The van der Waals surface area contributed by atoms with Gasteiger partial charge in [0.25, 0.3) is 0 Å². The van der Waals surface area contributed by atoms with Gasteiger partial charge in [-0.25, -0.2) is 0 Å². The highest BCUT2D eigenvalue weighted by Gasteiger charge is 2.34. The summed E-state index contributed by atoms with van der Waals surface area (Å²) in [6.45, 7) is 2.54. The van der Waals surface area contributed by atoms with Gasteiger partial charge in [0.15, 0.2) is 0 Å². The number of hydrogen-bond acceptors (Lipinski definition) is 3. The highest BCUT2D eigenvalue weighted by Crippen LogP contribution is 2.36. The van der Waals surface area contributed by atoms with Crippen LogP contribution in [-0.4, -0.2) is 17.5 Å². The summed E-state index contributed by atoms with van der Waals surface area (Å²) in [5.41, 5.74) is -0.00274. The Morgan fingerprint density at radius 2 is 2.06 bits per heavy atom. The van der Waals surface area contributed by atoms with Crippen molar-refractivity contribution in [2.45, 2.75) is 38.2 Å². The van der Waals surface area contributed by atoms with Crippen molar-refractivity contribution in [1.82, 2.24) is 0 Å². The predicted octanol–water partition coefficient (Wildman–Crippen LogP) is 2.42. The molecule has 1 aromatic rings. The van der Waals surface area contributed by atoms with Crippen LogP contribution >= 0.6 is 0 Å². The number of benzene rings is 1. The van der Waals surface area contributed by atoms with Crippen LogP contribution in [0.3, 0.4) is 0 Å². The lowest BCUT2D eigenvalue weighted by Crippen LogP contribution is -2.31. The largest absolute Gasteiger partial charge is 0.494 e. The second kappa shape index (κ2) is 4.88. The smallest absolute Gasteiger partial charge is 0.133 e. The molecular formula is C14H18O3. The third kappa shape index (κ3) is 2.67. The minimum atomic E-state index is -0.860. The van der Waals surface area contributed by atoms with Gasteiger partial charge in [-0.1, -0.05) is 12.1 Å². The van der Waals surface area contributed by atoms with Crippen LogP contribution in [0.1, 0.15) is 38.2 Å². The molecule has 0 radical (unpaired) electrons. The Labute approximate surface area is 101 Å². The molecule has 3 nitrogen and oxygen atoms in total. The van der Waals surface area contributed by atoms with Crippen LogP contribution in [0.15, 0.2) is 24.3 Å². The normalized spacial score (nSPS) is 19.1. The molecule has 0 heterocycles. The Balaban J connectivity index is 2.20. The van der Waals surface area contributed by atoms with Crippen molar-refractivity contribution in [2.75, 3.05) is 6.61 Å². The molecule has 0 bridgehead atoms. The van der Waals surface area contributed by atoms with E-state index in [-0.39, 0.29) is 5.78 Å². The lowest BCUT2D eigenvalue weighted by atomic mass is 9.79. The van der Waals surface area contributed by atoms with Gasteiger partial charge in [0.2, 0.25) is 0 Å². The molecule has 1 N–H and O–H groups in total. The molecule has 3 heteroatoms. The fourth-order valence-electron chi connectivity index (χ4n) is 2.27. The summed E-state index contributed by atoms with van der Waals surface area (Å²) in [5, 5.41) is 10.5. The Bertz CT molecular complexity index is 402. The van der Waals surface area contributed by atoms with Crippen molar-refractivity contribution < 1.29 is 14.6 Å². The molecule has 1 aliphatic carbocycles. The zero-order valence-electron chi connectivity index (χ0n) is 10.1. The second-order valence-corrected chi connectivity index (χ2v) is 4.53. The van der Waals surface area contributed by atoms with Crippen LogP contribution in [0.25, 0.3) is 0 Å². The average molecular weight is 234 g/mol. The summed E-state index contributed by atoms with van der Waals surface area (Å²) in [6, 6.07) is 7.54. The third-order valence-corrected chi connectivity index (χ3v) is 3.32. The van der Waals surface area contributed by atoms with Crippen molar-refractivity contribution >= 4 is 5.78 Å². The molecule has 0 atom stereocenters. The molecule has 1 aromatic carbocycles. The molecule has 0 aliphatic heterocycles. The van der Waals surface area contributed by atoms with Gasteiger partial charge in [-0.05, 0) is 37.5 Å². The number of rotatable bonds is 3. The van der Waals surface area contributed by atoms with Gasteiger partial charge in [-0.2, -0.15) is 0 Å². The molecule has 0 spiro atoms. The zero-order valence-corrected chi connectivity index (χ0v) is 10.1. The topological polar surface area (TPSA) is 46.5 Å². The Morgan fingerprint density at radius 1 is 1.35 bits per heavy atom. The minimum Gasteiger partial charge on any atom is -0.494 e. The lowest BCUT2D eigenvalue weighted by molar-refractivity contribution is -0.125. The number of hydrogen-bond donors (Lipinski definition) is 1. The SMILES string of the molecule is CCOc1cccc(C2(O)CCC(=O)CC2)c1. The van der Waals surface area contributed by atoms with Crippen molar-refractivity contribution in [2.24, 2.45) is 0 Å². The molecule has 1 fully saturated rings. The van der Waals surface area contributed by atoms with Crippen LogP contribution in [0.4, 0.5) is 0 Å². The molecule has 0 unspecified atom stereocenters. The van der Waals surface area contributed by atoms with E-state index >= 15 is 0 Å². The van der Waals surface area contributed by atoms with E-state index in [0.29, 0.717) is 32.3 Å². The van der Waals surface area contributed by atoms with Gasteiger partial charge >= 0.3 is 0 Å². The Morgan fingerprint density at radius 3 is 2.71 bits per heavy atom. The summed E-state index contributed by atoms with van der Waals surface area (Å²) in [7, 11) is 0. The summed E-state index contributed by atoms with van der Waals surface area (Å²) < 4.78 is 5.43. The van der Waals surface area contributed by atoms with E-state index in [2.05, 4.69) is 0 Å². The first kappa shape index (κ1) is 12.1. The number of aliphatic hydroxyl groups is 1. The zero-order chi connectivity index (χ0) is 12.3. The van der Waals surface area contributed by atoms with E-state index in [1.54, 1.807) is 0 Å². The standard InChI is InChI=1S/C14H18O3/c1-2-17-13-5-3-4-11(10-13)14(16)8-6-12(15)7-9-14/h3-5,10,16H,2,6-9H2,1H3. The summed E-state index contributed by atoms with van der Waals surface area (Å²) in [4.78, 5) is 11.2. The van der Waals surface area contributed by atoms with Crippen LogP contribution in [0.2, 0.25) is 0 Å². The van der Waals surface area contributed by atoms with Crippen LogP contribution in [0, 0.1) is 0 Å². The predicted molar refractivity (Wildman–Crippen MR) is 65.0 cm³/mol. The molecule has 1 saturated carbocycles.